The van der Waals surface area contributed by atoms with E-state index in [9.17, 15) is 24.3 Å². The molecule has 3 fully saturated rings. The molecule has 1 aromatic carbocycles. The highest BCUT2D eigenvalue weighted by atomic mass is 79.9. The second-order valence-electron chi connectivity index (χ2n) is 11.7. The number of alkyl halides is 1. The summed E-state index contributed by atoms with van der Waals surface area (Å²) in [5.74, 6) is -3.49. The number of para-hydroxylation sites is 1. The van der Waals surface area contributed by atoms with E-state index >= 15 is 0 Å². The molecule has 3 aliphatic heterocycles. The molecule has 1 unspecified atom stereocenters. The Balaban J connectivity index is 1.41. The van der Waals surface area contributed by atoms with Crippen LogP contribution in [0.1, 0.15) is 32.6 Å². The topological polar surface area (TPSA) is 156 Å². The molecule has 0 aliphatic carbocycles. The number of likely N-dealkylation sites (tertiary alicyclic amines) is 1. The van der Waals surface area contributed by atoms with Crippen LogP contribution in [0.15, 0.2) is 49.6 Å². The number of ether oxygens (including phenoxy) is 2. The Bertz CT molecular complexity index is 1470. The molecule has 7 atom stereocenters. The van der Waals surface area contributed by atoms with Crippen molar-refractivity contribution in [1.82, 2.24) is 30.1 Å². The Kier molecular flexibility index (Phi) is 10.0. The molecule has 4 heterocycles. The number of amides is 3. The zero-order chi connectivity index (χ0) is 32.3. The molecule has 45 heavy (non-hydrogen) atoms. The van der Waals surface area contributed by atoms with Crippen LogP contribution in [0, 0.1) is 11.8 Å². The number of fused-ring (bicyclic) bond motifs is 2. The van der Waals surface area contributed by atoms with Crippen molar-refractivity contribution in [2.45, 2.75) is 68.0 Å². The number of nitrogens with zero attached hydrogens (tertiary/aromatic N) is 5. The van der Waals surface area contributed by atoms with E-state index in [0.717, 1.165) is 5.52 Å². The van der Waals surface area contributed by atoms with E-state index in [-0.39, 0.29) is 68.3 Å². The van der Waals surface area contributed by atoms with Gasteiger partial charge in [0, 0.05) is 30.9 Å². The summed E-state index contributed by atoms with van der Waals surface area (Å²) in [7, 11) is 0. The van der Waals surface area contributed by atoms with E-state index in [4.69, 9.17) is 9.47 Å². The van der Waals surface area contributed by atoms with Crippen LogP contribution in [-0.2, 0) is 35.3 Å². The number of hydrogen-bond donors (Lipinski definition) is 2. The van der Waals surface area contributed by atoms with Gasteiger partial charge in [-0.2, -0.15) is 0 Å². The Labute approximate surface area is 269 Å². The summed E-state index contributed by atoms with van der Waals surface area (Å²) in [6.45, 7) is 9.34. The molecule has 1 aromatic heterocycles. The van der Waals surface area contributed by atoms with Crippen molar-refractivity contribution in [3.8, 4) is 0 Å². The third-order valence-corrected chi connectivity index (χ3v) is 9.56. The van der Waals surface area contributed by atoms with Gasteiger partial charge in [-0.05, 0) is 38.3 Å². The van der Waals surface area contributed by atoms with Gasteiger partial charge in [-0.25, -0.2) is 4.68 Å². The maximum absolute atomic E-state index is 14.5. The lowest BCUT2D eigenvalue weighted by Crippen LogP contribution is -2.57. The Morgan fingerprint density at radius 3 is 2.82 bits per heavy atom. The molecule has 3 amide bonds. The van der Waals surface area contributed by atoms with E-state index < -0.39 is 41.7 Å². The highest BCUT2D eigenvalue weighted by Gasteiger charge is 2.77. The highest BCUT2D eigenvalue weighted by molar-refractivity contribution is 9.09. The lowest BCUT2D eigenvalue weighted by molar-refractivity contribution is -0.159. The summed E-state index contributed by atoms with van der Waals surface area (Å²) < 4.78 is 13.9. The van der Waals surface area contributed by atoms with Crippen molar-refractivity contribution in [2.24, 2.45) is 11.8 Å². The van der Waals surface area contributed by atoms with Crippen LogP contribution in [0.4, 0.5) is 0 Å². The third-order valence-electron chi connectivity index (χ3n) is 8.72. The number of carbonyl (C=O) groups excluding carboxylic acids is 4. The van der Waals surface area contributed by atoms with Crippen molar-refractivity contribution in [2.75, 3.05) is 26.2 Å². The lowest BCUT2D eigenvalue weighted by Gasteiger charge is -2.37. The Hall–Kier alpha value is -3.62. The fraction of sp³-hybridized carbons (Fsp3) is 0.548. The average Bonchev–Trinajstić information content (AvgIpc) is 3.74. The number of rotatable bonds is 15. The molecule has 3 aliphatic rings. The van der Waals surface area contributed by atoms with Crippen LogP contribution >= 0.6 is 15.9 Å². The third kappa shape index (κ3) is 6.15. The summed E-state index contributed by atoms with van der Waals surface area (Å²) in [5, 5.41) is 20.8. The second kappa shape index (κ2) is 13.8. The fourth-order valence-electron chi connectivity index (χ4n) is 6.79. The number of carbonyl (C=O) groups is 4. The molecule has 2 bridgehead atoms. The van der Waals surface area contributed by atoms with E-state index in [0.29, 0.717) is 18.4 Å². The van der Waals surface area contributed by atoms with Crippen LogP contribution in [0.5, 0.6) is 0 Å². The summed E-state index contributed by atoms with van der Waals surface area (Å²) in [6.07, 6.45) is 3.28. The second-order valence-corrected chi connectivity index (χ2v) is 12.9. The van der Waals surface area contributed by atoms with Crippen LogP contribution in [0.2, 0.25) is 0 Å². The first-order valence-electron chi connectivity index (χ1n) is 15.2. The van der Waals surface area contributed by atoms with E-state index in [2.05, 4.69) is 44.7 Å². The van der Waals surface area contributed by atoms with Gasteiger partial charge in [-0.1, -0.05) is 45.4 Å². The minimum Gasteiger partial charge on any atom is -0.460 e. The minimum atomic E-state index is -1.29. The molecule has 242 valence electrons. The SMILES string of the molecule is C=CCCC(=O)NC[C@@H](C)OC(=O)[C@H]1[C@@H]2O[C@@]3(CC2Br)[C@@H]1C(=O)N(CCCO)[C@@H]3C(=O)N(CC=C)Cn1nnc2ccccc21. The fourth-order valence-corrected chi connectivity index (χ4v) is 7.73. The van der Waals surface area contributed by atoms with Crippen LogP contribution in [0.3, 0.4) is 0 Å². The van der Waals surface area contributed by atoms with Gasteiger partial charge < -0.3 is 29.7 Å². The first kappa shape index (κ1) is 32.8. The number of aromatic nitrogens is 3. The maximum atomic E-state index is 14.5. The predicted molar refractivity (Wildman–Crippen MR) is 167 cm³/mol. The summed E-state index contributed by atoms with van der Waals surface area (Å²) >= 11 is 3.66. The number of aliphatic hydroxyl groups is 1. The van der Waals surface area contributed by atoms with Gasteiger partial charge in [0.25, 0.3) is 0 Å². The minimum absolute atomic E-state index is 0.0489. The zero-order valence-corrected chi connectivity index (χ0v) is 26.8. The monoisotopic (exact) mass is 686 g/mol. The Morgan fingerprint density at radius 2 is 2.09 bits per heavy atom. The lowest BCUT2D eigenvalue weighted by atomic mass is 9.70. The molecule has 2 N–H and O–H groups in total. The normalized spacial score (nSPS) is 27.3. The first-order valence-corrected chi connectivity index (χ1v) is 16.1. The molecule has 1 spiro atoms. The molecule has 0 saturated carbocycles. The first-order chi connectivity index (χ1) is 21.7. The number of esters is 1. The molecule has 5 rings (SSSR count). The Morgan fingerprint density at radius 1 is 1.31 bits per heavy atom. The van der Waals surface area contributed by atoms with Crippen LogP contribution in [0.25, 0.3) is 11.0 Å². The predicted octanol–water partition coefficient (Wildman–Crippen LogP) is 1.55. The molecule has 3 saturated heterocycles. The van der Waals surface area contributed by atoms with Gasteiger partial charge in [-0.3, -0.25) is 19.2 Å². The highest BCUT2D eigenvalue weighted by Crippen LogP contribution is 2.60. The zero-order valence-electron chi connectivity index (χ0n) is 25.2. The molecular weight excluding hydrogens is 648 g/mol. The van der Waals surface area contributed by atoms with Crippen LogP contribution < -0.4 is 5.32 Å². The molecular formula is C31H39BrN6O7. The molecule has 14 heteroatoms. The number of allylic oxidation sites excluding steroid dienone is 1. The van der Waals surface area contributed by atoms with Crippen molar-refractivity contribution < 1.29 is 33.8 Å². The smallest absolute Gasteiger partial charge is 0.312 e. The van der Waals surface area contributed by atoms with Gasteiger partial charge in [0.05, 0.1) is 30.0 Å². The largest absolute Gasteiger partial charge is 0.460 e. The van der Waals surface area contributed by atoms with Crippen LogP contribution in [-0.4, -0.2) is 109 Å². The molecule has 2 aromatic rings. The number of nitrogens with one attached hydrogen (secondary N) is 1. The van der Waals surface area contributed by atoms with Gasteiger partial charge >= 0.3 is 5.97 Å². The molecule has 0 radical (unpaired) electrons. The van der Waals surface area contributed by atoms with Gasteiger partial charge in [-0.15, -0.1) is 18.3 Å². The van der Waals surface area contributed by atoms with Gasteiger partial charge in [0.1, 0.15) is 29.9 Å². The van der Waals surface area contributed by atoms with E-state index in [1.54, 1.807) is 23.8 Å². The number of aliphatic hydroxyl groups excluding tert-OH is 1. The summed E-state index contributed by atoms with van der Waals surface area (Å²) in [4.78, 5) is 57.1. The standard InChI is InChI=1S/C31H39BrN6O7/c1-4-6-12-23(40)33-17-19(3)44-30(43)24-25-28(41)37(14-9-15-39)27(31(25)16-20(32)26(24)45-31)29(42)36(13-5-2)18-38-22-11-8-7-10-21(22)34-35-38/h4-5,7-8,10-11,19-20,24-27,39H,1-2,6,9,12-18H2,3H3,(H,33,40)/t19-,20?,24-,25+,26-,27-,31+/m1/s1. The maximum Gasteiger partial charge on any atom is 0.312 e. The van der Waals surface area contributed by atoms with Crippen molar-refractivity contribution in [3.05, 3.63) is 49.6 Å². The molecule has 13 nitrogen and oxygen atoms in total. The van der Waals surface area contributed by atoms with Gasteiger partial charge in [0.2, 0.25) is 17.7 Å². The van der Waals surface area contributed by atoms with E-state index in [1.165, 1.54) is 9.80 Å². The number of hydrogen-bond acceptors (Lipinski definition) is 9. The van der Waals surface area contributed by atoms with E-state index in [1.807, 2.05) is 24.3 Å². The summed E-state index contributed by atoms with van der Waals surface area (Å²) in [5.41, 5.74) is 0.120. The number of benzene rings is 1. The quantitative estimate of drug-likeness (QED) is 0.161. The van der Waals surface area contributed by atoms with Crippen molar-refractivity contribution in [1.29, 1.82) is 0 Å². The van der Waals surface area contributed by atoms with Gasteiger partial charge in [0.15, 0.2) is 0 Å². The van der Waals surface area contributed by atoms with Crippen molar-refractivity contribution in [3.63, 3.8) is 0 Å². The summed E-state index contributed by atoms with van der Waals surface area (Å²) in [6, 6.07) is 6.33. The van der Waals surface area contributed by atoms with Crippen molar-refractivity contribution >= 4 is 50.7 Å². The average molecular weight is 688 g/mol. The number of halogens is 1.